The molecule has 0 aromatic carbocycles. The summed E-state index contributed by atoms with van der Waals surface area (Å²) in [7, 11) is 0. The van der Waals surface area contributed by atoms with E-state index in [1.54, 1.807) is 20.8 Å². The maximum atomic E-state index is 11.6. The first-order chi connectivity index (χ1) is 9.69. The highest BCUT2D eigenvalue weighted by atomic mass is 32.2. The summed E-state index contributed by atoms with van der Waals surface area (Å²) in [5.74, 6) is 0.119. The Bertz CT molecular complexity index is 327. The van der Waals surface area contributed by atoms with E-state index in [1.807, 2.05) is 0 Å². The number of nitrogens with zero attached hydrogens (tertiary/aromatic N) is 1. The minimum atomic E-state index is -1.05. The van der Waals surface area contributed by atoms with Gasteiger partial charge >= 0.3 is 12.1 Å². The van der Waals surface area contributed by atoms with Crippen molar-refractivity contribution in [2.24, 2.45) is 0 Å². The molecule has 0 aliphatic rings. The number of amides is 1. The Labute approximate surface area is 131 Å². The summed E-state index contributed by atoms with van der Waals surface area (Å²) >= 11 is 1.52. The molecule has 1 amide bonds. The molecule has 6 nitrogen and oxygen atoms in total. The number of ether oxygens (including phenoxy) is 1. The summed E-state index contributed by atoms with van der Waals surface area (Å²) in [4.78, 5) is 25.0. The van der Waals surface area contributed by atoms with Crippen molar-refractivity contribution in [3.8, 4) is 0 Å². The van der Waals surface area contributed by atoms with E-state index in [0.29, 0.717) is 5.75 Å². The normalized spacial score (nSPS) is 13.0. The van der Waals surface area contributed by atoms with Gasteiger partial charge in [-0.15, -0.1) is 0 Å². The van der Waals surface area contributed by atoms with E-state index in [-0.39, 0.29) is 0 Å². The lowest BCUT2D eigenvalue weighted by Gasteiger charge is -2.22. The molecule has 0 bridgehead atoms. The van der Waals surface area contributed by atoms with Gasteiger partial charge < -0.3 is 20.1 Å². The van der Waals surface area contributed by atoms with Crippen LogP contribution in [0.1, 0.15) is 34.6 Å². The average Bonchev–Trinajstić information content (AvgIpc) is 2.35. The minimum absolute atomic E-state index is 0.329. The summed E-state index contributed by atoms with van der Waals surface area (Å²) in [6.07, 6.45) is -0.695. The summed E-state index contributed by atoms with van der Waals surface area (Å²) in [5.41, 5.74) is -0.636. The molecule has 0 aromatic heterocycles. The van der Waals surface area contributed by atoms with E-state index in [4.69, 9.17) is 9.84 Å². The SMILES string of the molecule is CCN(CC)CCSCC(NC(=O)OC(C)(C)C)C(=O)O. The second-order valence-electron chi connectivity index (χ2n) is 5.64. The van der Waals surface area contributed by atoms with Crippen LogP contribution in [0.2, 0.25) is 0 Å². The van der Waals surface area contributed by atoms with Crippen molar-refractivity contribution in [2.45, 2.75) is 46.3 Å². The smallest absolute Gasteiger partial charge is 0.408 e. The number of carboxylic acid groups (broad SMARTS) is 1. The Morgan fingerprint density at radius 2 is 1.86 bits per heavy atom. The van der Waals surface area contributed by atoms with Crippen LogP contribution in [-0.2, 0) is 9.53 Å². The van der Waals surface area contributed by atoms with Crippen LogP contribution in [0.15, 0.2) is 0 Å². The number of thioether (sulfide) groups is 1. The van der Waals surface area contributed by atoms with Crippen molar-refractivity contribution in [1.29, 1.82) is 0 Å². The fraction of sp³-hybridized carbons (Fsp3) is 0.857. The Kier molecular flexibility index (Phi) is 9.44. The molecule has 0 radical (unpaired) electrons. The molecule has 1 atom stereocenters. The number of rotatable bonds is 9. The van der Waals surface area contributed by atoms with E-state index < -0.39 is 23.7 Å². The van der Waals surface area contributed by atoms with Gasteiger partial charge in [-0.1, -0.05) is 13.8 Å². The van der Waals surface area contributed by atoms with Gasteiger partial charge in [-0.2, -0.15) is 11.8 Å². The van der Waals surface area contributed by atoms with Gasteiger partial charge in [0.25, 0.3) is 0 Å². The molecule has 7 heteroatoms. The lowest BCUT2D eigenvalue weighted by atomic mass is 10.2. The van der Waals surface area contributed by atoms with E-state index in [2.05, 4.69) is 24.1 Å². The van der Waals surface area contributed by atoms with E-state index in [0.717, 1.165) is 25.4 Å². The van der Waals surface area contributed by atoms with Crippen LogP contribution in [0.5, 0.6) is 0 Å². The van der Waals surface area contributed by atoms with Crippen LogP contribution in [0.4, 0.5) is 4.79 Å². The van der Waals surface area contributed by atoms with Crippen LogP contribution in [0.25, 0.3) is 0 Å². The maximum Gasteiger partial charge on any atom is 0.408 e. The monoisotopic (exact) mass is 320 g/mol. The van der Waals surface area contributed by atoms with Crippen LogP contribution >= 0.6 is 11.8 Å². The molecular formula is C14H28N2O4S. The highest BCUT2D eigenvalue weighted by Gasteiger charge is 2.23. The predicted octanol–water partition coefficient (Wildman–Crippen LogP) is 2.04. The van der Waals surface area contributed by atoms with Gasteiger partial charge in [0.1, 0.15) is 11.6 Å². The zero-order valence-electron chi connectivity index (χ0n) is 13.6. The molecule has 0 fully saturated rings. The Morgan fingerprint density at radius 1 is 1.29 bits per heavy atom. The largest absolute Gasteiger partial charge is 0.480 e. The lowest BCUT2D eigenvalue weighted by Crippen LogP contribution is -2.45. The third kappa shape index (κ3) is 10.4. The van der Waals surface area contributed by atoms with Gasteiger partial charge in [0, 0.05) is 18.1 Å². The number of carbonyl (C=O) groups is 2. The van der Waals surface area contributed by atoms with Crippen LogP contribution in [-0.4, -0.2) is 64.9 Å². The fourth-order valence-corrected chi connectivity index (χ4v) is 2.57. The first kappa shape index (κ1) is 20.1. The first-order valence-electron chi connectivity index (χ1n) is 7.22. The van der Waals surface area contributed by atoms with E-state index >= 15 is 0 Å². The Balaban J connectivity index is 4.14. The van der Waals surface area contributed by atoms with Crippen molar-refractivity contribution >= 4 is 23.8 Å². The number of carbonyl (C=O) groups excluding carboxylic acids is 1. The molecule has 0 spiro atoms. The molecule has 0 saturated heterocycles. The molecule has 0 saturated carbocycles. The van der Waals surface area contributed by atoms with E-state index in [1.165, 1.54) is 11.8 Å². The standard InChI is InChI=1S/C14H28N2O4S/c1-6-16(7-2)8-9-21-10-11(12(17)18)15-13(19)20-14(3,4)5/h11H,6-10H2,1-5H3,(H,15,19)(H,17,18). The van der Waals surface area contributed by atoms with Crippen LogP contribution in [0.3, 0.4) is 0 Å². The van der Waals surface area contributed by atoms with Gasteiger partial charge in [-0.25, -0.2) is 9.59 Å². The quantitative estimate of drug-likeness (QED) is 0.633. The average molecular weight is 320 g/mol. The summed E-state index contributed by atoms with van der Waals surface area (Å²) in [6, 6.07) is -0.929. The number of hydrogen-bond donors (Lipinski definition) is 2. The number of carboxylic acids is 1. The van der Waals surface area contributed by atoms with Crippen molar-refractivity contribution < 1.29 is 19.4 Å². The van der Waals surface area contributed by atoms with Crippen molar-refractivity contribution in [3.05, 3.63) is 0 Å². The zero-order valence-corrected chi connectivity index (χ0v) is 14.5. The third-order valence-corrected chi connectivity index (χ3v) is 3.76. The van der Waals surface area contributed by atoms with Gasteiger partial charge in [-0.3, -0.25) is 0 Å². The fourth-order valence-electron chi connectivity index (χ4n) is 1.56. The highest BCUT2D eigenvalue weighted by Crippen LogP contribution is 2.09. The van der Waals surface area contributed by atoms with Crippen molar-refractivity contribution in [2.75, 3.05) is 31.1 Å². The highest BCUT2D eigenvalue weighted by molar-refractivity contribution is 7.99. The minimum Gasteiger partial charge on any atom is -0.480 e. The summed E-state index contributed by atoms with van der Waals surface area (Å²) in [5, 5.41) is 11.5. The molecule has 0 aromatic rings. The number of nitrogens with one attached hydrogen (secondary N) is 1. The molecule has 0 aliphatic heterocycles. The van der Waals surface area contributed by atoms with Gasteiger partial charge in [0.05, 0.1) is 0 Å². The second-order valence-corrected chi connectivity index (χ2v) is 6.79. The second kappa shape index (κ2) is 9.89. The summed E-state index contributed by atoms with van der Waals surface area (Å²) < 4.78 is 5.07. The maximum absolute atomic E-state index is 11.6. The van der Waals surface area contributed by atoms with E-state index in [9.17, 15) is 9.59 Å². The lowest BCUT2D eigenvalue weighted by molar-refractivity contribution is -0.138. The molecule has 1 unspecified atom stereocenters. The molecule has 0 rings (SSSR count). The van der Waals surface area contributed by atoms with Gasteiger partial charge in [0.2, 0.25) is 0 Å². The Morgan fingerprint density at radius 3 is 2.29 bits per heavy atom. The van der Waals surface area contributed by atoms with Crippen molar-refractivity contribution in [3.63, 3.8) is 0 Å². The number of hydrogen-bond acceptors (Lipinski definition) is 5. The molecule has 21 heavy (non-hydrogen) atoms. The molecule has 124 valence electrons. The molecular weight excluding hydrogens is 292 g/mol. The van der Waals surface area contributed by atoms with Gasteiger partial charge in [-0.05, 0) is 33.9 Å². The predicted molar refractivity (Wildman–Crippen MR) is 85.9 cm³/mol. The van der Waals surface area contributed by atoms with Gasteiger partial charge in [0.15, 0.2) is 0 Å². The molecule has 2 N–H and O–H groups in total. The zero-order chi connectivity index (χ0) is 16.5. The Hall–Kier alpha value is -0.950. The number of alkyl carbamates (subject to hydrolysis) is 1. The topological polar surface area (TPSA) is 78.9 Å². The van der Waals surface area contributed by atoms with Crippen LogP contribution in [0, 0.1) is 0 Å². The molecule has 0 heterocycles. The summed E-state index contributed by atoms with van der Waals surface area (Å²) in [6.45, 7) is 12.3. The number of aliphatic carboxylic acids is 1. The molecule has 0 aliphatic carbocycles. The van der Waals surface area contributed by atoms with Crippen LogP contribution < -0.4 is 5.32 Å². The first-order valence-corrected chi connectivity index (χ1v) is 8.37. The van der Waals surface area contributed by atoms with Crippen molar-refractivity contribution in [1.82, 2.24) is 10.2 Å². The third-order valence-electron chi connectivity index (χ3n) is 2.72.